The van der Waals surface area contributed by atoms with Crippen LogP contribution in [0.15, 0.2) is 0 Å². The van der Waals surface area contributed by atoms with Gasteiger partial charge in [0.1, 0.15) is 0 Å². The van der Waals surface area contributed by atoms with E-state index in [0.717, 1.165) is 91.1 Å². The first kappa shape index (κ1) is 41.4. The van der Waals surface area contributed by atoms with Crippen molar-refractivity contribution in [3.8, 4) is 0 Å². The van der Waals surface area contributed by atoms with Gasteiger partial charge in [-0.25, -0.2) is 0 Å². The summed E-state index contributed by atoms with van der Waals surface area (Å²) in [6, 6.07) is 0. The van der Waals surface area contributed by atoms with Gasteiger partial charge in [-0.3, -0.25) is 0 Å². The maximum Gasteiger partial charge on any atom is 0.0637 e. The molecule has 0 radical (unpaired) electrons. The number of rotatable bonds is 25. The van der Waals surface area contributed by atoms with E-state index in [-0.39, 0.29) is 11.5 Å². The van der Waals surface area contributed by atoms with E-state index >= 15 is 0 Å². The zero-order chi connectivity index (χ0) is 35.1. The zero-order valence-corrected chi connectivity index (χ0v) is 32.1. The molecule has 9 nitrogen and oxygen atoms in total. The fourth-order valence-corrected chi connectivity index (χ4v) is 11.3. The lowest BCUT2D eigenvalue weighted by Crippen LogP contribution is -2.63. The molecule has 4 aliphatic carbocycles. The molecule has 4 fully saturated rings. The molecule has 4 aliphatic rings. The molecule has 288 valence electrons. The van der Waals surface area contributed by atoms with E-state index in [2.05, 4.69) is 31.4 Å². The van der Waals surface area contributed by atoms with Crippen LogP contribution in [0.25, 0.3) is 0 Å². The van der Waals surface area contributed by atoms with Crippen molar-refractivity contribution in [3.63, 3.8) is 0 Å². The predicted octanol–water partition coefficient (Wildman–Crippen LogP) is 4.79. The smallest absolute Gasteiger partial charge is 0.0637 e. The second-order valence-electron chi connectivity index (χ2n) is 16.9. The summed E-state index contributed by atoms with van der Waals surface area (Å²) in [6.45, 7) is 17.4. The summed E-state index contributed by atoms with van der Waals surface area (Å²) in [7, 11) is 0. The van der Waals surface area contributed by atoms with E-state index in [1.165, 1.54) is 57.8 Å². The molecule has 0 amide bonds. The first-order chi connectivity index (χ1) is 23.8. The van der Waals surface area contributed by atoms with Crippen LogP contribution in [0.2, 0.25) is 0 Å². The third-order valence-electron chi connectivity index (χ3n) is 14.0. The van der Waals surface area contributed by atoms with Crippen molar-refractivity contribution < 1.29 is 14.2 Å². The molecule has 0 aliphatic heterocycles. The molecule has 9 heteroatoms. The van der Waals surface area contributed by atoms with Crippen molar-refractivity contribution in [2.75, 3.05) is 72.2 Å². The van der Waals surface area contributed by atoms with Gasteiger partial charge in [-0.15, -0.1) is 0 Å². The topological polar surface area (TPSA) is 156 Å². The molecule has 0 heterocycles. The predicted molar refractivity (Wildman–Crippen MR) is 203 cm³/mol. The summed E-state index contributed by atoms with van der Waals surface area (Å²) in [5, 5.41) is 7.23. The van der Waals surface area contributed by atoms with Crippen LogP contribution in [0.3, 0.4) is 0 Å². The molecule has 4 saturated carbocycles. The van der Waals surface area contributed by atoms with Crippen LogP contribution in [0, 0.1) is 46.3 Å². The first-order valence-electron chi connectivity index (χ1n) is 20.9. The molecule has 11 atom stereocenters. The number of fused-ring (bicyclic) bond motifs is 5. The lowest BCUT2D eigenvalue weighted by molar-refractivity contribution is -0.227. The van der Waals surface area contributed by atoms with Gasteiger partial charge in [0.25, 0.3) is 0 Å². The highest BCUT2D eigenvalue weighted by atomic mass is 16.5. The van der Waals surface area contributed by atoms with Crippen LogP contribution < -0.4 is 33.6 Å². The van der Waals surface area contributed by atoms with Crippen molar-refractivity contribution in [2.45, 2.75) is 135 Å². The Morgan fingerprint density at radius 2 is 1.27 bits per heavy atom. The standard InChI is InChI=1S/C40H80N6O3/c1-30(11-6-22-45-20-4-5-21-46-23-7-16-41)33-12-13-34-38-35(29-37(40(33,34)3)49-26-10-19-44)39(2)15-14-32(47-24-8-17-42)27-31(39)28-36(38)48-25-9-18-43/h30-38,45-46H,4-29,41-44H2,1-3H3/t30-,31+,32-,33-,34+,35+,36-,37+,38+,39+,40-/m1/s1. The average molecular weight is 693 g/mol. The Hall–Kier alpha value is -0.360. The van der Waals surface area contributed by atoms with Crippen LogP contribution >= 0.6 is 0 Å². The van der Waals surface area contributed by atoms with Crippen LogP contribution in [0.5, 0.6) is 0 Å². The summed E-state index contributed by atoms with van der Waals surface area (Å²) in [6.07, 6.45) is 18.3. The van der Waals surface area contributed by atoms with Crippen molar-refractivity contribution >= 4 is 0 Å². The zero-order valence-electron chi connectivity index (χ0n) is 32.1. The van der Waals surface area contributed by atoms with Gasteiger partial charge >= 0.3 is 0 Å². The Labute approximate surface area is 301 Å². The summed E-state index contributed by atoms with van der Waals surface area (Å²) in [5.74, 6) is 3.84. The molecule has 0 saturated heterocycles. The molecule has 0 aromatic carbocycles. The quantitative estimate of drug-likeness (QED) is 0.0741. The first-order valence-corrected chi connectivity index (χ1v) is 20.9. The number of hydrogen-bond acceptors (Lipinski definition) is 9. The summed E-state index contributed by atoms with van der Waals surface area (Å²) < 4.78 is 20.4. The molecule has 10 N–H and O–H groups in total. The fraction of sp³-hybridized carbons (Fsp3) is 1.00. The third kappa shape index (κ3) is 10.6. The minimum atomic E-state index is 0.167. The molecule has 4 rings (SSSR count). The van der Waals surface area contributed by atoms with Crippen LogP contribution in [-0.4, -0.2) is 90.5 Å². The van der Waals surface area contributed by atoms with Gasteiger partial charge in [0, 0.05) is 25.2 Å². The number of nitrogens with one attached hydrogen (secondary N) is 2. The van der Waals surface area contributed by atoms with Gasteiger partial charge in [0.05, 0.1) is 18.3 Å². The molecule has 0 unspecified atom stereocenters. The third-order valence-corrected chi connectivity index (χ3v) is 14.0. The van der Waals surface area contributed by atoms with Crippen molar-refractivity contribution in [3.05, 3.63) is 0 Å². The molecule has 0 spiro atoms. The van der Waals surface area contributed by atoms with E-state index in [4.69, 9.17) is 37.1 Å². The maximum absolute atomic E-state index is 7.03. The van der Waals surface area contributed by atoms with E-state index in [0.29, 0.717) is 72.8 Å². The van der Waals surface area contributed by atoms with Crippen LogP contribution in [0.4, 0.5) is 0 Å². The molecule has 0 aromatic rings. The second kappa shape index (κ2) is 21.4. The highest BCUT2D eigenvalue weighted by Crippen LogP contribution is 2.69. The average Bonchev–Trinajstić information content (AvgIpc) is 3.46. The molecule has 49 heavy (non-hydrogen) atoms. The minimum absolute atomic E-state index is 0.167. The number of nitrogens with two attached hydrogens (primary N) is 4. The Morgan fingerprint density at radius 1 is 0.653 bits per heavy atom. The van der Waals surface area contributed by atoms with Gasteiger partial charge in [-0.1, -0.05) is 20.8 Å². The number of hydrogen-bond donors (Lipinski definition) is 6. The Kier molecular flexibility index (Phi) is 18.1. The molecular weight excluding hydrogens is 612 g/mol. The Morgan fingerprint density at radius 3 is 1.94 bits per heavy atom. The monoisotopic (exact) mass is 693 g/mol. The Bertz CT molecular complexity index is 900. The SMILES string of the molecule is C[C@H](CCCNCCCCNCCCN)[C@H]1CC[C@H]2[C@@H]3[C@H](OCCCN)C[C@@H]4C[C@H](OCCCN)CC[C@]4(C)[C@H]3C[C@H](OCCCN)[C@]12C. The van der Waals surface area contributed by atoms with Crippen molar-refractivity contribution in [2.24, 2.45) is 69.3 Å². The van der Waals surface area contributed by atoms with E-state index in [1.54, 1.807) is 0 Å². The largest absolute Gasteiger partial charge is 0.378 e. The van der Waals surface area contributed by atoms with Gasteiger partial charge in [-0.05, 0) is 190 Å². The van der Waals surface area contributed by atoms with E-state index in [1.807, 2.05) is 0 Å². The number of ether oxygens (including phenoxy) is 3. The van der Waals surface area contributed by atoms with Gasteiger partial charge < -0.3 is 47.8 Å². The normalized spacial score (nSPS) is 36.3. The number of unbranched alkanes of at least 4 members (excludes halogenated alkanes) is 1. The lowest BCUT2D eigenvalue weighted by Gasteiger charge is -2.65. The van der Waals surface area contributed by atoms with Gasteiger partial charge in [0.15, 0.2) is 0 Å². The highest BCUT2D eigenvalue weighted by Gasteiger charge is 2.66. The minimum Gasteiger partial charge on any atom is -0.378 e. The van der Waals surface area contributed by atoms with Crippen LogP contribution in [-0.2, 0) is 14.2 Å². The Balaban J connectivity index is 1.44. The van der Waals surface area contributed by atoms with Crippen LogP contribution in [0.1, 0.15) is 117 Å². The lowest BCUT2D eigenvalue weighted by atomic mass is 9.43. The maximum atomic E-state index is 7.03. The summed E-state index contributed by atoms with van der Waals surface area (Å²) in [4.78, 5) is 0. The molecule has 0 aromatic heterocycles. The molecular formula is C40H80N6O3. The second-order valence-corrected chi connectivity index (χ2v) is 16.9. The highest BCUT2D eigenvalue weighted by molar-refractivity contribution is 5.15. The fourth-order valence-electron chi connectivity index (χ4n) is 11.3. The van der Waals surface area contributed by atoms with Crippen molar-refractivity contribution in [1.29, 1.82) is 0 Å². The summed E-state index contributed by atoms with van der Waals surface area (Å²) in [5.41, 5.74) is 23.8. The van der Waals surface area contributed by atoms with Crippen molar-refractivity contribution in [1.82, 2.24) is 10.6 Å². The van der Waals surface area contributed by atoms with E-state index < -0.39 is 0 Å². The van der Waals surface area contributed by atoms with E-state index in [9.17, 15) is 0 Å². The molecule has 0 bridgehead atoms. The summed E-state index contributed by atoms with van der Waals surface area (Å²) >= 11 is 0. The van der Waals surface area contributed by atoms with Gasteiger partial charge in [0.2, 0.25) is 0 Å². The van der Waals surface area contributed by atoms with Gasteiger partial charge in [-0.2, -0.15) is 0 Å².